The number of carbonyl (C=O) groups excluding carboxylic acids is 1. The van der Waals surface area contributed by atoms with Crippen LogP contribution in [0, 0.1) is 0 Å². The maximum Gasteiger partial charge on any atom is 0.326 e. The molecular formula is C22H38N6O3. The summed E-state index contributed by atoms with van der Waals surface area (Å²) >= 11 is 0. The number of ether oxygens (including phenoxy) is 2. The molecule has 9 nitrogen and oxygen atoms in total. The van der Waals surface area contributed by atoms with Crippen molar-refractivity contribution in [2.45, 2.75) is 85.9 Å². The van der Waals surface area contributed by atoms with Crippen molar-refractivity contribution in [1.29, 1.82) is 0 Å². The van der Waals surface area contributed by atoms with E-state index < -0.39 is 0 Å². The molecule has 0 unspecified atom stereocenters. The number of hydrogen-bond acceptors (Lipinski definition) is 8. The Morgan fingerprint density at radius 2 is 1.97 bits per heavy atom. The number of hydrogen-bond donors (Lipinski definition) is 1. The molecule has 0 aliphatic carbocycles. The van der Waals surface area contributed by atoms with Gasteiger partial charge in [0.2, 0.25) is 5.95 Å². The molecule has 9 heteroatoms. The number of nitrogens with zero attached hydrogens (tertiary/aromatic N) is 5. The van der Waals surface area contributed by atoms with Crippen molar-refractivity contribution in [3.63, 3.8) is 0 Å². The van der Waals surface area contributed by atoms with Gasteiger partial charge in [-0.15, -0.1) is 0 Å². The minimum absolute atomic E-state index is 0.0518. The Kier molecular flexibility index (Phi) is 9.03. The van der Waals surface area contributed by atoms with E-state index in [1.807, 2.05) is 39.5 Å². The van der Waals surface area contributed by atoms with E-state index in [9.17, 15) is 4.79 Å². The Bertz CT molecular complexity index is 844. The molecule has 0 bridgehead atoms. The second-order valence-electron chi connectivity index (χ2n) is 8.88. The Morgan fingerprint density at radius 1 is 1.23 bits per heavy atom. The average Bonchev–Trinajstić information content (AvgIpc) is 3.06. The first kappa shape index (κ1) is 24.8. The number of imidazole rings is 1. The maximum atomic E-state index is 12.1. The lowest BCUT2D eigenvalue weighted by Crippen LogP contribution is -2.34. The molecule has 0 atom stereocenters. The first-order valence-corrected chi connectivity index (χ1v) is 11.2. The zero-order chi connectivity index (χ0) is 23.0. The van der Waals surface area contributed by atoms with Gasteiger partial charge in [-0.25, -0.2) is 4.98 Å². The quantitative estimate of drug-likeness (QED) is 0.305. The van der Waals surface area contributed by atoms with E-state index in [1.54, 1.807) is 17.8 Å². The fraction of sp³-hybridized carbons (Fsp3) is 0.727. The van der Waals surface area contributed by atoms with Crippen molar-refractivity contribution in [1.82, 2.24) is 19.5 Å². The number of carbonyl (C=O) groups is 1. The number of esters is 1. The SMILES string of the molecule is CCCCCN(COC(C)(C)C)c1nc(NC(C)C)c2ncn(CC(=O)OCC)c2n1. The van der Waals surface area contributed by atoms with E-state index in [0.717, 1.165) is 25.8 Å². The monoisotopic (exact) mass is 434 g/mol. The van der Waals surface area contributed by atoms with Gasteiger partial charge in [-0.05, 0) is 48.0 Å². The van der Waals surface area contributed by atoms with Gasteiger partial charge in [0.15, 0.2) is 17.0 Å². The number of fused-ring (bicyclic) bond motifs is 1. The van der Waals surface area contributed by atoms with Gasteiger partial charge in [0.25, 0.3) is 0 Å². The third kappa shape index (κ3) is 7.65. The summed E-state index contributed by atoms with van der Waals surface area (Å²) in [6.07, 6.45) is 4.87. The molecule has 31 heavy (non-hydrogen) atoms. The normalized spacial score (nSPS) is 11.9. The maximum absolute atomic E-state index is 12.1. The van der Waals surface area contributed by atoms with Crippen LogP contribution in [-0.2, 0) is 20.8 Å². The third-order valence-electron chi connectivity index (χ3n) is 4.45. The molecule has 174 valence electrons. The summed E-state index contributed by atoms with van der Waals surface area (Å²) in [5.74, 6) is 0.881. The molecule has 0 aliphatic heterocycles. The first-order chi connectivity index (χ1) is 14.6. The highest BCUT2D eigenvalue weighted by molar-refractivity contribution is 5.85. The van der Waals surface area contributed by atoms with E-state index in [-0.39, 0.29) is 24.2 Å². The minimum Gasteiger partial charge on any atom is -0.465 e. The Balaban J connectivity index is 2.46. The average molecular weight is 435 g/mol. The van der Waals surface area contributed by atoms with Crippen LogP contribution in [0.5, 0.6) is 0 Å². The molecule has 0 aromatic carbocycles. The van der Waals surface area contributed by atoms with Gasteiger partial charge in [0.1, 0.15) is 13.3 Å². The van der Waals surface area contributed by atoms with E-state index in [4.69, 9.17) is 19.4 Å². The summed E-state index contributed by atoms with van der Waals surface area (Å²) in [6.45, 7) is 15.7. The van der Waals surface area contributed by atoms with Crippen LogP contribution >= 0.6 is 0 Å². The highest BCUT2D eigenvalue weighted by Gasteiger charge is 2.21. The molecule has 2 aromatic heterocycles. The predicted octanol–water partition coefficient (Wildman–Crippen LogP) is 3.98. The molecule has 0 aliphatic rings. The molecule has 0 radical (unpaired) electrons. The van der Waals surface area contributed by atoms with Crippen LogP contribution in [0.15, 0.2) is 6.33 Å². The van der Waals surface area contributed by atoms with Gasteiger partial charge in [-0.2, -0.15) is 9.97 Å². The molecule has 0 saturated carbocycles. The number of nitrogens with one attached hydrogen (secondary N) is 1. The van der Waals surface area contributed by atoms with Crippen LogP contribution in [-0.4, -0.2) is 57.0 Å². The summed E-state index contributed by atoms with van der Waals surface area (Å²) in [5, 5.41) is 3.36. The fourth-order valence-corrected chi connectivity index (χ4v) is 2.96. The summed E-state index contributed by atoms with van der Waals surface area (Å²) in [7, 11) is 0. The zero-order valence-electron chi connectivity index (χ0n) is 20.1. The van der Waals surface area contributed by atoms with E-state index in [2.05, 4.69) is 17.2 Å². The van der Waals surface area contributed by atoms with Gasteiger partial charge in [-0.1, -0.05) is 19.8 Å². The van der Waals surface area contributed by atoms with Crippen LogP contribution in [0.25, 0.3) is 11.2 Å². The fourth-order valence-electron chi connectivity index (χ4n) is 2.96. The van der Waals surface area contributed by atoms with Crippen molar-refractivity contribution in [2.75, 3.05) is 30.1 Å². The minimum atomic E-state index is -0.323. The Morgan fingerprint density at radius 3 is 2.58 bits per heavy atom. The summed E-state index contributed by atoms with van der Waals surface area (Å²) < 4.78 is 12.9. The highest BCUT2D eigenvalue weighted by Crippen LogP contribution is 2.24. The molecule has 2 heterocycles. The van der Waals surface area contributed by atoms with Gasteiger partial charge >= 0.3 is 5.97 Å². The Hall–Kier alpha value is -2.42. The van der Waals surface area contributed by atoms with Crippen molar-refractivity contribution in [3.05, 3.63) is 6.33 Å². The second-order valence-corrected chi connectivity index (χ2v) is 8.88. The summed E-state index contributed by atoms with van der Waals surface area (Å²) in [6, 6.07) is 0.167. The topological polar surface area (TPSA) is 94.4 Å². The molecular weight excluding hydrogens is 396 g/mol. The van der Waals surface area contributed by atoms with Crippen LogP contribution in [0.2, 0.25) is 0 Å². The zero-order valence-corrected chi connectivity index (χ0v) is 20.1. The van der Waals surface area contributed by atoms with Gasteiger partial charge < -0.3 is 24.3 Å². The summed E-state index contributed by atoms with van der Waals surface area (Å²) in [5.41, 5.74) is 0.946. The van der Waals surface area contributed by atoms with E-state index in [0.29, 0.717) is 36.3 Å². The smallest absolute Gasteiger partial charge is 0.326 e. The van der Waals surface area contributed by atoms with Crippen molar-refractivity contribution in [3.8, 4) is 0 Å². The number of unbranched alkanes of at least 4 members (excludes halogenated alkanes) is 2. The molecule has 2 aromatic rings. The molecule has 1 N–H and O–H groups in total. The molecule has 0 fully saturated rings. The van der Waals surface area contributed by atoms with E-state index in [1.165, 1.54) is 0 Å². The van der Waals surface area contributed by atoms with Crippen LogP contribution in [0.4, 0.5) is 11.8 Å². The Labute approximate surface area is 185 Å². The summed E-state index contributed by atoms with van der Waals surface area (Å²) in [4.78, 5) is 28.1. The number of anilines is 2. The highest BCUT2D eigenvalue weighted by atomic mass is 16.5. The molecule has 0 spiro atoms. The molecule has 0 saturated heterocycles. The van der Waals surface area contributed by atoms with Gasteiger partial charge in [0.05, 0.1) is 18.5 Å². The van der Waals surface area contributed by atoms with Crippen LogP contribution in [0.1, 0.15) is 67.7 Å². The van der Waals surface area contributed by atoms with E-state index >= 15 is 0 Å². The first-order valence-electron chi connectivity index (χ1n) is 11.2. The van der Waals surface area contributed by atoms with Gasteiger partial charge in [0, 0.05) is 12.6 Å². The van der Waals surface area contributed by atoms with Crippen LogP contribution in [0.3, 0.4) is 0 Å². The lowest BCUT2D eigenvalue weighted by atomic mass is 10.2. The van der Waals surface area contributed by atoms with Gasteiger partial charge in [-0.3, -0.25) is 4.79 Å². The lowest BCUT2D eigenvalue weighted by Gasteiger charge is -2.28. The largest absolute Gasteiger partial charge is 0.465 e. The van der Waals surface area contributed by atoms with Crippen LogP contribution < -0.4 is 10.2 Å². The number of aromatic nitrogens is 4. The third-order valence-corrected chi connectivity index (χ3v) is 4.45. The molecule has 0 amide bonds. The lowest BCUT2D eigenvalue weighted by molar-refractivity contribution is -0.143. The number of rotatable bonds is 12. The van der Waals surface area contributed by atoms with Crippen molar-refractivity contribution < 1.29 is 14.3 Å². The molecule has 2 rings (SSSR count). The second kappa shape index (κ2) is 11.3. The van der Waals surface area contributed by atoms with Crippen molar-refractivity contribution >= 4 is 28.9 Å². The predicted molar refractivity (Wildman–Crippen MR) is 123 cm³/mol. The van der Waals surface area contributed by atoms with Crippen molar-refractivity contribution in [2.24, 2.45) is 0 Å². The standard InChI is InChI=1S/C22H38N6O3/c1-8-10-11-12-27(15-31-22(5,6)7)21-25-19(24-16(3)4)18-20(26-21)28(14-23-18)13-17(29)30-9-2/h14,16H,8-13,15H2,1-7H3,(H,24,25,26).